The van der Waals surface area contributed by atoms with Gasteiger partial charge in [-0.05, 0) is 25.0 Å². The predicted molar refractivity (Wildman–Crippen MR) is 80.7 cm³/mol. The summed E-state index contributed by atoms with van der Waals surface area (Å²) in [5.74, 6) is -1.27. The zero-order valence-electron chi connectivity index (χ0n) is 12.4. The fourth-order valence-electron chi connectivity index (χ4n) is 1.94. The average molecular weight is 292 g/mol. The Hall–Kier alpha value is -2.17. The van der Waals surface area contributed by atoms with Crippen molar-refractivity contribution in [3.63, 3.8) is 0 Å². The maximum atomic E-state index is 13.7. The van der Waals surface area contributed by atoms with Crippen LogP contribution in [-0.4, -0.2) is 29.8 Å². The molecule has 1 aromatic carbocycles. The van der Waals surface area contributed by atoms with E-state index in [1.165, 1.54) is 17.0 Å². The Morgan fingerprint density at radius 2 is 2.00 bits per heavy atom. The van der Waals surface area contributed by atoms with Crippen LogP contribution in [0, 0.1) is 5.82 Å². The lowest BCUT2D eigenvalue weighted by atomic mass is 10.1. The highest BCUT2D eigenvalue weighted by molar-refractivity contribution is 5.96. The molecule has 1 aromatic rings. The molecule has 0 aliphatic rings. The van der Waals surface area contributed by atoms with Crippen LogP contribution in [0.1, 0.15) is 32.3 Å². The largest absolute Gasteiger partial charge is 0.368 e. The van der Waals surface area contributed by atoms with Gasteiger partial charge in [-0.3, -0.25) is 9.59 Å². The molecule has 0 heterocycles. The summed E-state index contributed by atoms with van der Waals surface area (Å²) >= 11 is 0. The average Bonchev–Trinajstić information content (AvgIpc) is 2.43. The first-order valence-corrected chi connectivity index (χ1v) is 6.96. The second-order valence-electron chi connectivity index (χ2n) is 4.89. The van der Waals surface area contributed by atoms with E-state index in [4.69, 9.17) is 5.73 Å². The summed E-state index contributed by atoms with van der Waals surface area (Å²) in [7, 11) is 0. The van der Waals surface area contributed by atoms with Crippen LogP contribution in [0.4, 0.5) is 4.39 Å². The summed E-state index contributed by atoms with van der Waals surface area (Å²) in [5.41, 5.74) is 6.05. The van der Waals surface area contributed by atoms with Gasteiger partial charge in [-0.15, -0.1) is 0 Å². The van der Waals surface area contributed by atoms with Gasteiger partial charge in [-0.2, -0.15) is 0 Å². The number of unbranched alkanes of at least 4 members (excludes halogenated alkanes) is 1. The van der Waals surface area contributed by atoms with E-state index in [2.05, 4.69) is 0 Å². The third-order valence-corrected chi connectivity index (χ3v) is 3.08. The Kier molecular flexibility index (Phi) is 6.59. The monoisotopic (exact) mass is 292 g/mol. The molecule has 21 heavy (non-hydrogen) atoms. The van der Waals surface area contributed by atoms with Crippen LogP contribution >= 0.6 is 0 Å². The van der Waals surface area contributed by atoms with Crippen molar-refractivity contribution in [1.29, 1.82) is 0 Å². The van der Waals surface area contributed by atoms with Gasteiger partial charge in [0.1, 0.15) is 5.82 Å². The van der Waals surface area contributed by atoms with E-state index in [0.29, 0.717) is 17.7 Å². The van der Waals surface area contributed by atoms with Crippen molar-refractivity contribution in [2.24, 2.45) is 5.73 Å². The first-order chi connectivity index (χ1) is 9.95. The van der Waals surface area contributed by atoms with Crippen LogP contribution in [0.25, 0.3) is 5.57 Å². The summed E-state index contributed by atoms with van der Waals surface area (Å²) in [4.78, 5) is 24.6. The zero-order chi connectivity index (χ0) is 15.8. The van der Waals surface area contributed by atoms with E-state index in [1.807, 2.05) is 6.92 Å². The fraction of sp³-hybridized carbons (Fsp3) is 0.375. The van der Waals surface area contributed by atoms with Gasteiger partial charge in [0.2, 0.25) is 11.8 Å². The first-order valence-electron chi connectivity index (χ1n) is 6.96. The number of halogens is 1. The lowest BCUT2D eigenvalue weighted by Gasteiger charge is -2.19. The van der Waals surface area contributed by atoms with Crippen molar-refractivity contribution in [3.8, 4) is 0 Å². The number of primary amides is 1. The molecule has 0 spiro atoms. The molecule has 0 saturated heterocycles. The Morgan fingerprint density at radius 1 is 1.33 bits per heavy atom. The van der Waals surface area contributed by atoms with Gasteiger partial charge in [-0.25, -0.2) is 4.39 Å². The SMILES string of the molecule is CCCCN(CC(N)=O)C(=O)C=C(C)c1ccccc1F. The van der Waals surface area contributed by atoms with Gasteiger partial charge in [-0.1, -0.05) is 31.5 Å². The van der Waals surface area contributed by atoms with Crippen LogP contribution in [-0.2, 0) is 9.59 Å². The molecule has 0 radical (unpaired) electrons. The molecule has 0 aromatic heterocycles. The van der Waals surface area contributed by atoms with Gasteiger partial charge in [0.15, 0.2) is 0 Å². The lowest BCUT2D eigenvalue weighted by molar-refractivity contribution is -0.131. The molecule has 0 aliphatic carbocycles. The number of allylic oxidation sites excluding steroid dienone is 1. The first kappa shape index (κ1) is 16.9. The van der Waals surface area contributed by atoms with Crippen molar-refractivity contribution < 1.29 is 14.0 Å². The normalized spacial score (nSPS) is 11.3. The highest BCUT2D eigenvalue weighted by Crippen LogP contribution is 2.17. The van der Waals surface area contributed by atoms with E-state index in [9.17, 15) is 14.0 Å². The fourth-order valence-corrected chi connectivity index (χ4v) is 1.94. The molecule has 5 heteroatoms. The van der Waals surface area contributed by atoms with E-state index in [0.717, 1.165) is 12.8 Å². The lowest BCUT2D eigenvalue weighted by Crippen LogP contribution is -2.38. The smallest absolute Gasteiger partial charge is 0.247 e. The minimum atomic E-state index is -0.559. The van der Waals surface area contributed by atoms with Crippen molar-refractivity contribution in [2.45, 2.75) is 26.7 Å². The molecule has 1 rings (SSSR count). The summed E-state index contributed by atoms with van der Waals surface area (Å²) in [6.07, 6.45) is 3.03. The Bertz CT molecular complexity index is 541. The predicted octanol–water partition coefficient (Wildman–Crippen LogP) is 2.34. The van der Waals surface area contributed by atoms with E-state index in [1.54, 1.807) is 25.1 Å². The van der Waals surface area contributed by atoms with Gasteiger partial charge >= 0.3 is 0 Å². The molecule has 2 N–H and O–H groups in total. The molecular weight excluding hydrogens is 271 g/mol. The van der Waals surface area contributed by atoms with Crippen LogP contribution in [0.15, 0.2) is 30.3 Å². The minimum absolute atomic E-state index is 0.125. The number of carbonyl (C=O) groups is 2. The third kappa shape index (κ3) is 5.38. The highest BCUT2D eigenvalue weighted by atomic mass is 19.1. The summed E-state index contributed by atoms with van der Waals surface area (Å²) in [6, 6.07) is 6.25. The number of hydrogen-bond donors (Lipinski definition) is 1. The summed E-state index contributed by atoms with van der Waals surface area (Å²) in [6.45, 7) is 3.99. The molecule has 0 unspecified atom stereocenters. The number of nitrogens with zero attached hydrogens (tertiary/aromatic N) is 1. The van der Waals surface area contributed by atoms with Gasteiger partial charge < -0.3 is 10.6 Å². The van der Waals surface area contributed by atoms with Crippen LogP contribution < -0.4 is 5.73 Å². The van der Waals surface area contributed by atoms with Crippen molar-refractivity contribution in [2.75, 3.05) is 13.1 Å². The van der Waals surface area contributed by atoms with Crippen molar-refractivity contribution in [3.05, 3.63) is 41.7 Å². The number of nitrogens with two attached hydrogens (primary N) is 1. The minimum Gasteiger partial charge on any atom is -0.368 e. The molecule has 0 aliphatic heterocycles. The van der Waals surface area contributed by atoms with Crippen LogP contribution in [0.2, 0.25) is 0 Å². The van der Waals surface area contributed by atoms with Crippen molar-refractivity contribution in [1.82, 2.24) is 4.90 Å². The number of hydrogen-bond acceptors (Lipinski definition) is 2. The molecule has 0 bridgehead atoms. The number of benzene rings is 1. The highest BCUT2D eigenvalue weighted by Gasteiger charge is 2.14. The van der Waals surface area contributed by atoms with E-state index in [-0.39, 0.29) is 18.3 Å². The summed E-state index contributed by atoms with van der Waals surface area (Å²) < 4.78 is 13.7. The second kappa shape index (κ2) is 8.19. The number of carbonyl (C=O) groups excluding carboxylic acids is 2. The molecule has 0 atom stereocenters. The van der Waals surface area contributed by atoms with E-state index < -0.39 is 5.91 Å². The Labute approximate surface area is 124 Å². The Balaban J connectivity index is 2.90. The zero-order valence-corrected chi connectivity index (χ0v) is 12.4. The quantitative estimate of drug-likeness (QED) is 0.784. The Morgan fingerprint density at radius 3 is 2.57 bits per heavy atom. The second-order valence-corrected chi connectivity index (χ2v) is 4.89. The molecule has 0 saturated carbocycles. The van der Waals surface area contributed by atoms with Crippen molar-refractivity contribution >= 4 is 17.4 Å². The maximum absolute atomic E-state index is 13.7. The third-order valence-electron chi connectivity index (χ3n) is 3.08. The topological polar surface area (TPSA) is 63.4 Å². The standard InChI is InChI=1S/C16H21FN2O2/c1-3-4-9-19(11-15(18)20)16(21)10-12(2)13-7-5-6-8-14(13)17/h5-8,10H,3-4,9,11H2,1-2H3,(H2,18,20). The van der Waals surface area contributed by atoms with Gasteiger partial charge in [0.25, 0.3) is 0 Å². The van der Waals surface area contributed by atoms with Crippen LogP contribution in [0.5, 0.6) is 0 Å². The molecule has 2 amide bonds. The van der Waals surface area contributed by atoms with Gasteiger partial charge in [0.05, 0.1) is 6.54 Å². The maximum Gasteiger partial charge on any atom is 0.247 e. The molecule has 4 nitrogen and oxygen atoms in total. The number of amides is 2. The van der Waals surface area contributed by atoms with Crippen LogP contribution in [0.3, 0.4) is 0 Å². The summed E-state index contributed by atoms with van der Waals surface area (Å²) in [5, 5.41) is 0. The molecule has 0 fully saturated rings. The molecule has 114 valence electrons. The number of rotatable bonds is 7. The van der Waals surface area contributed by atoms with Gasteiger partial charge in [0, 0.05) is 18.2 Å². The molecular formula is C16H21FN2O2. The van der Waals surface area contributed by atoms with E-state index >= 15 is 0 Å².